The second-order valence-corrected chi connectivity index (χ2v) is 6.49. The van der Waals surface area contributed by atoms with E-state index in [1.807, 2.05) is 0 Å². The molecule has 0 saturated carbocycles. The first kappa shape index (κ1) is 21.5. The Morgan fingerprint density at radius 1 is 0.789 bits per heavy atom. The van der Waals surface area contributed by atoms with Gasteiger partial charge in [0, 0.05) is 0 Å². The molecule has 0 aliphatic heterocycles. The van der Waals surface area contributed by atoms with Gasteiger partial charge < -0.3 is 5.73 Å². The molecular formula is C13H30ClNO3S. The summed E-state index contributed by atoms with van der Waals surface area (Å²) in [6, 6.07) is 0. The first-order valence-electron chi connectivity index (χ1n) is 7.11. The van der Waals surface area contributed by atoms with Gasteiger partial charge in [-0.25, -0.2) is 0 Å². The van der Waals surface area contributed by atoms with Crippen LogP contribution in [0.4, 0.5) is 0 Å². The Labute approximate surface area is 125 Å². The molecule has 0 heterocycles. The number of hydrogen-bond donors (Lipinski definition) is 1. The lowest BCUT2D eigenvalue weighted by Gasteiger charge is -2.03. The maximum atomic E-state index is 10.7. The first-order valence-corrected chi connectivity index (χ1v) is 8.92. The van der Waals surface area contributed by atoms with Gasteiger partial charge in [0.15, 0.2) is 0 Å². The Morgan fingerprint density at radius 2 is 1.16 bits per heavy atom. The van der Waals surface area contributed by atoms with E-state index >= 15 is 0 Å². The van der Waals surface area contributed by atoms with Gasteiger partial charge in [-0.15, -0.1) is 12.4 Å². The maximum Gasteiger partial charge on any atom is 0.264 e. The third kappa shape index (κ3) is 20.6. The van der Waals surface area contributed by atoms with Crippen LogP contribution < -0.4 is 5.73 Å². The zero-order chi connectivity index (χ0) is 13.7. The highest BCUT2D eigenvalue weighted by atomic mass is 35.5. The molecule has 118 valence electrons. The van der Waals surface area contributed by atoms with Crippen molar-refractivity contribution in [2.24, 2.45) is 5.73 Å². The van der Waals surface area contributed by atoms with Crippen molar-refractivity contribution in [3.05, 3.63) is 0 Å². The molecule has 19 heavy (non-hydrogen) atoms. The van der Waals surface area contributed by atoms with E-state index in [4.69, 9.17) is 5.73 Å². The molecule has 0 radical (unpaired) electrons. The Kier molecular flexibility index (Phi) is 16.5. The van der Waals surface area contributed by atoms with Crippen molar-refractivity contribution in [1.82, 2.24) is 0 Å². The Balaban J connectivity index is 0. The number of nitrogens with two attached hydrogens (primary N) is 1. The van der Waals surface area contributed by atoms with Crippen molar-refractivity contribution in [2.75, 3.05) is 19.4 Å². The molecule has 0 aliphatic carbocycles. The van der Waals surface area contributed by atoms with E-state index in [9.17, 15) is 8.42 Å². The van der Waals surface area contributed by atoms with Crippen LogP contribution in [0.3, 0.4) is 0 Å². The minimum atomic E-state index is -3.25. The average molecular weight is 316 g/mol. The summed E-state index contributed by atoms with van der Waals surface area (Å²) in [4.78, 5) is 0. The topological polar surface area (TPSA) is 69.4 Å². The lowest BCUT2D eigenvalue weighted by atomic mass is 10.1. The molecular weight excluding hydrogens is 286 g/mol. The van der Waals surface area contributed by atoms with Crippen LogP contribution in [0.15, 0.2) is 0 Å². The molecule has 0 spiro atoms. The third-order valence-corrected chi connectivity index (χ3v) is 3.49. The molecule has 0 bridgehead atoms. The predicted octanol–water partition coefficient (Wildman–Crippen LogP) is 3.24. The number of halogens is 1. The SMILES string of the molecule is CS(=O)(=O)OCCCCCCCCCCCCN.Cl. The van der Waals surface area contributed by atoms with Crippen LogP contribution in [0, 0.1) is 0 Å². The third-order valence-electron chi connectivity index (χ3n) is 2.90. The van der Waals surface area contributed by atoms with Gasteiger partial charge in [-0.05, 0) is 19.4 Å². The quantitative estimate of drug-likeness (QED) is 0.418. The minimum Gasteiger partial charge on any atom is -0.330 e. The second kappa shape index (κ2) is 14.6. The van der Waals surface area contributed by atoms with Crippen LogP contribution in [-0.2, 0) is 14.3 Å². The predicted molar refractivity (Wildman–Crippen MR) is 83.3 cm³/mol. The zero-order valence-corrected chi connectivity index (χ0v) is 13.7. The van der Waals surface area contributed by atoms with Gasteiger partial charge in [0.25, 0.3) is 10.1 Å². The molecule has 0 amide bonds. The van der Waals surface area contributed by atoms with Crippen molar-refractivity contribution in [2.45, 2.75) is 64.2 Å². The van der Waals surface area contributed by atoms with Gasteiger partial charge in [0.2, 0.25) is 0 Å². The van der Waals surface area contributed by atoms with E-state index in [2.05, 4.69) is 4.18 Å². The summed E-state index contributed by atoms with van der Waals surface area (Å²) in [5.41, 5.74) is 5.43. The fourth-order valence-electron chi connectivity index (χ4n) is 1.87. The lowest BCUT2D eigenvalue weighted by molar-refractivity contribution is 0.309. The van der Waals surface area contributed by atoms with Gasteiger partial charge in [-0.1, -0.05) is 51.4 Å². The van der Waals surface area contributed by atoms with Crippen LogP contribution in [0.2, 0.25) is 0 Å². The van der Waals surface area contributed by atoms with E-state index in [1.54, 1.807) is 0 Å². The largest absolute Gasteiger partial charge is 0.330 e. The molecule has 0 rings (SSSR count). The van der Waals surface area contributed by atoms with Crippen molar-refractivity contribution in [3.63, 3.8) is 0 Å². The monoisotopic (exact) mass is 315 g/mol. The Bertz CT molecular complexity index is 271. The number of unbranched alkanes of at least 4 members (excludes halogenated alkanes) is 9. The van der Waals surface area contributed by atoms with Crippen molar-refractivity contribution < 1.29 is 12.6 Å². The zero-order valence-electron chi connectivity index (χ0n) is 12.1. The molecule has 4 nitrogen and oxygen atoms in total. The fraction of sp³-hybridized carbons (Fsp3) is 1.00. The molecule has 0 aromatic rings. The van der Waals surface area contributed by atoms with E-state index in [-0.39, 0.29) is 12.4 Å². The van der Waals surface area contributed by atoms with Crippen molar-refractivity contribution in [3.8, 4) is 0 Å². The highest BCUT2D eigenvalue weighted by Crippen LogP contribution is 2.10. The van der Waals surface area contributed by atoms with Crippen LogP contribution in [0.5, 0.6) is 0 Å². The van der Waals surface area contributed by atoms with E-state index in [0.717, 1.165) is 32.1 Å². The molecule has 6 heteroatoms. The lowest BCUT2D eigenvalue weighted by Crippen LogP contribution is -2.03. The van der Waals surface area contributed by atoms with Gasteiger partial charge in [-0.2, -0.15) is 8.42 Å². The summed E-state index contributed by atoms with van der Waals surface area (Å²) in [5, 5.41) is 0. The van der Waals surface area contributed by atoms with Crippen molar-refractivity contribution >= 4 is 22.5 Å². The van der Waals surface area contributed by atoms with E-state index in [1.165, 1.54) is 44.9 Å². The van der Waals surface area contributed by atoms with Crippen LogP contribution in [-0.4, -0.2) is 27.8 Å². The molecule has 0 saturated heterocycles. The molecule has 0 aromatic heterocycles. The molecule has 0 aromatic carbocycles. The summed E-state index contributed by atoms with van der Waals surface area (Å²) in [6.07, 6.45) is 13.0. The van der Waals surface area contributed by atoms with Gasteiger partial charge in [0.05, 0.1) is 12.9 Å². The molecule has 0 aliphatic rings. The fourth-order valence-corrected chi connectivity index (χ4v) is 2.29. The molecule has 0 unspecified atom stereocenters. The van der Waals surface area contributed by atoms with Gasteiger partial charge >= 0.3 is 0 Å². The average Bonchev–Trinajstić information content (AvgIpc) is 2.29. The smallest absolute Gasteiger partial charge is 0.264 e. The first-order chi connectivity index (χ1) is 8.56. The summed E-state index contributed by atoms with van der Waals surface area (Å²) in [7, 11) is -3.25. The molecule has 0 fully saturated rings. The Morgan fingerprint density at radius 3 is 1.53 bits per heavy atom. The van der Waals surface area contributed by atoms with Crippen molar-refractivity contribution in [1.29, 1.82) is 0 Å². The molecule has 0 atom stereocenters. The van der Waals surface area contributed by atoms with Gasteiger partial charge in [0.1, 0.15) is 0 Å². The summed E-state index contributed by atoms with van der Waals surface area (Å²) < 4.78 is 26.0. The summed E-state index contributed by atoms with van der Waals surface area (Å²) >= 11 is 0. The highest BCUT2D eigenvalue weighted by molar-refractivity contribution is 7.85. The normalized spacial score (nSPS) is 11.3. The van der Waals surface area contributed by atoms with Crippen LogP contribution >= 0.6 is 12.4 Å². The maximum absolute atomic E-state index is 10.7. The number of rotatable bonds is 13. The number of hydrogen-bond acceptors (Lipinski definition) is 4. The second-order valence-electron chi connectivity index (χ2n) is 4.85. The van der Waals surface area contributed by atoms with E-state index < -0.39 is 10.1 Å². The summed E-state index contributed by atoms with van der Waals surface area (Å²) in [5.74, 6) is 0. The highest BCUT2D eigenvalue weighted by Gasteiger charge is 2.00. The van der Waals surface area contributed by atoms with E-state index in [0.29, 0.717) is 6.61 Å². The Hall–Kier alpha value is 0.160. The molecule has 2 N–H and O–H groups in total. The van der Waals surface area contributed by atoms with Crippen LogP contribution in [0.25, 0.3) is 0 Å². The van der Waals surface area contributed by atoms with Crippen LogP contribution in [0.1, 0.15) is 64.2 Å². The summed E-state index contributed by atoms with van der Waals surface area (Å²) in [6.45, 7) is 1.15. The standard InChI is InChI=1S/C13H29NO3S.ClH/c1-18(15,16)17-13-11-9-7-5-3-2-4-6-8-10-12-14;/h2-14H2,1H3;1H. The minimum absolute atomic E-state index is 0. The van der Waals surface area contributed by atoms with Gasteiger partial charge in [-0.3, -0.25) is 4.18 Å².